The van der Waals surface area contributed by atoms with Gasteiger partial charge in [-0.05, 0) is 43.4 Å². The van der Waals surface area contributed by atoms with Crippen molar-refractivity contribution < 1.29 is 4.74 Å². The Hall–Kier alpha value is -0.120. The SMILES string of the molecule is CC1CC(C)(C)CCC1(CN)N1CC2CCC(C1)O2. The molecule has 2 heterocycles. The highest BCUT2D eigenvalue weighted by molar-refractivity contribution is 5.04. The molecule has 3 nitrogen and oxygen atoms in total. The monoisotopic (exact) mass is 266 g/mol. The van der Waals surface area contributed by atoms with E-state index in [1.54, 1.807) is 0 Å². The van der Waals surface area contributed by atoms with Gasteiger partial charge in [-0.3, -0.25) is 4.90 Å². The molecule has 1 saturated carbocycles. The van der Waals surface area contributed by atoms with Crippen molar-refractivity contribution in [2.24, 2.45) is 17.1 Å². The van der Waals surface area contributed by atoms with E-state index < -0.39 is 0 Å². The summed E-state index contributed by atoms with van der Waals surface area (Å²) in [5.41, 5.74) is 7.00. The van der Waals surface area contributed by atoms with Crippen molar-refractivity contribution in [3.8, 4) is 0 Å². The molecule has 0 aromatic rings. The fraction of sp³-hybridized carbons (Fsp3) is 1.00. The molecule has 3 rings (SSSR count). The quantitative estimate of drug-likeness (QED) is 0.834. The minimum Gasteiger partial charge on any atom is -0.372 e. The minimum atomic E-state index is 0.236. The summed E-state index contributed by atoms with van der Waals surface area (Å²) in [5.74, 6) is 0.693. The highest BCUT2D eigenvalue weighted by atomic mass is 16.5. The van der Waals surface area contributed by atoms with Crippen LogP contribution in [0.2, 0.25) is 0 Å². The number of nitrogens with two attached hydrogens (primary N) is 1. The Labute approximate surface area is 117 Å². The first-order chi connectivity index (χ1) is 8.95. The third kappa shape index (κ3) is 2.34. The highest BCUT2D eigenvalue weighted by Crippen LogP contribution is 2.47. The Morgan fingerprint density at radius 2 is 1.79 bits per heavy atom. The maximum atomic E-state index is 6.28. The van der Waals surface area contributed by atoms with Gasteiger partial charge < -0.3 is 10.5 Å². The Bertz CT molecular complexity index is 332. The van der Waals surface area contributed by atoms with Crippen molar-refractivity contribution in [3.05, 3.63) is 0 Å². The van der Waals surface area contributed by atoms with Crippen LogP contribution in [0.25, 0.3) is 0 Å². The molecule has 1 aliphatic carbocycles. The van der Waals surface area contributed by atoms with Gasteiger partial charge in [-0.2, -0.15) is 0 Å². The van der Waals surface area contributed by atoms with Crippen LogP contribution in [-0.4, -0.2) is 42.3 Å². The lowest BCUT2D eigenvalue weighted by molar-refractivity contribution is -0.109. The number of morpholine rings is 1. The Kier molecular flexibility index (Phi) is 3.43. The predicted molar refractivity (Wildman–Crippen MR) is 78.0 cm³/mol. The van der Waals surface area contributed by atoms with E-state index in [2.05, 4.69) is 25.7 Å². The second kappa shape index (κ2) is 4.71. The molecule has 4 unspecified atom stereocenters. The van der Waals surface area contributed by atoms with Gasteiger partial charge in [0, 0.05) is 25.2 Å². The number of nitrogens with zero attached hydrogens (tertiary/aromatic N) is 1. The lowest BCUT2D eigenvalue weighted by Crippen LogP contribution is -2.64. The van der Waals surface area contributed by atoms with E-state index in [1.807, 2.05) is 0 Å². The fourth-order valence-corrected chi connectivity index (χ4v) is 4.80. The summed E-state index contributed by atoms with van der Waals surface area (Å²) in [6.07, 6.45) is 7.33. The molecule has 0 aromatic carbocycles. The van der Waals surface area contributed by atoms with E-state index in [0.29, 0.717) is 23.5 Å². The first kappa shape index (κ1) is 13.8. The molecule has 3 heteroatoms. The first-order valence-corrected chi connectivity index (χ1v) is 8.06. The van der Waals surface area contributed by atoms with E-state index in [9.17, 15) is 0 Å². The number of hydrogen-bond donors (Lipinski definition) is 1. The van der Waals surface area contributed by atoms with Gasteiger partial charge in [0.2, 0.25) is 0 Å². The molecule has 2 bridgehead atoms. The zero-order valence-electron chi connectivity index (χ0n) is 12.8. The third-order valence-corrected chi connectivity index (χ3v) is 6.04. The van der Waals surface area contributed by atoms with Crippen LogP contribution < -0.4 is 5.73 Å². The molecular weight excluding hydrogens is 236 g/mol. The predicted octanol–water partition coefficient (Wildman–Crippen LogP) is 2.39. The van der Waals surface area contributed by atoms with Crippen molar-refractivity contribution in [2.75, 3.05) is 19.6 Å². The van der Waals surface area contributed by atoms with Gasteiger partial charge in [0.25, 0.3) is 0 Å². The summed E-state index contributed by atoms with van der Waals surface area (Å²) in [6, 6.07) is 0. The van der Waals surface area contributed by atoms with Gasteiger partial charge in [0.15, 0.2) is 0 Å². The average molecular weight is 266 g/mol. The summed E-state index contributed by atoms with van der Waals surface area (Å²) >= 11 is 0. The third-order valence-electron chi connectivity index (χ3n) is 6.04. The van der Waals surface area contributed by atoms with Crippen LogP contribution in [0.4, 0.5) is 0 Å². The second-order valence-corrected chi connectivity index (χ2v) is 7.94. The molecule has 3 aliphatic rings. The van der Waals surface area contributed by atoms with Gasteiger partial charge in [-0.25, -0.2) is 0 Å². The van der Waals surface area contributed by atoms with Crippen molar-refractivity contribution in [1.29, 1.82) is 0 Å². The zero-order valence-corrected chi connectivity index (χ0v) is 12.8. The van der Waals surface area contributed by atoms with Gasteiger partial charge in [-0.1, -0.05) is 20.8 Å². The molecule has 0 radical (unpaired) electrons. The molecule has 0 aromatic heterocycles. The summed E-state index contributed by atoms with van der Waals surface area (Å²) in [6.45, 7) is 10.3. The molecular formula is C16H30N2O. The lowest BCUT2D eigenvalue weighted by Gasteiger charge is -2.55. The largest absolute Gasteiger partial charge is 0.372 e. The Morgan fingerprint density at radius 1 is 1.16 bits per heavy atom. The smallest absolute Gasteiger partial charge is 0.0707 e. The normalized spacial score (nSPS) is 46.4. The van der Waals surface area contributed by atoms with Gasteiger partial charge in [0.05, 0.1) is 12.2 Å². The summed E-state index contributed by atoms with van der Waals surface area (Å²) in [4.78, 5) is 2.71. The van der Waals surface area contributed by atoms with Gasteiger partial charge in [0.1, 0.15) is 0 Å². The van der Waals surface area contributed by atoms with Crippen LogP contribution in [-0.2, 0) is 4.74 Å². The Balaban J connectivity index is 1.79. The average Bonchev–Trinajstić information content (AvgIpc) is 2.68. The fourth-order valence-electron chi connectivity index (χ4n) is 4.80. The maximum Gasteiger partial charge on any atom is 0.0707 e. The molecule has 2 saturated heterocycles. The van der Waals surface area contributed by atoms with E-state index in [-0.39, 0.29) is 5.54 Å². The van der Waals surface area contributed by atoms with E-state index >= 15 is 0 Å². The molecule has 4 atom stereocenters. The molecule has 19 heavy (non-hydrogen) atoms. The molecule has 0 spiro atoms. The first-order valence-electron chi connectivity index (χ1n) is 8.06. The summed E-state index contributed by atoms with van der Waals surface area (Å²) in [7, 11) is 0. The van der Waals surface area contributed by atoms with Crippen LogP contribution in [0.1, 0.15) is 52.9 Å². The standard InChI is InChI=1S/C16H30N2O/c1-12-8-15(2,3)6-7-16(12,11-17)18-9-13-4-5-14(10-18)19-13/h12-14H,4-11,17H2,1-3H3. The number of fused-ring (bicyclic) bond motifs is 2. The van der Waals surface area contributed by atoms with E-state index in [1.165, 1.54) is 32.1 Å². The van der Waals surface area contributed by atoms with Crippen LogP contribution in [0.15, 0.2) is 0 Å². The van der Waals surface area contributed by atoms with Crippen molar-refractivity contribution in [2.45, 2.75) is 70.6 Å². The van der Waals surface area contributed by atoms with E-state index in [0.717, 1.165) is 19.6 Å². The van der Waals surface area contributed by atoms with Crippen LogP contribution >= 0.6 is 0 Å². The topological polar surface area (TPSA) is 38.5 Å². The summed E-state index contributed by atoms with van der Waals surface area (Å²) in [5, 5.41) is 0. The number of hydrogen-bond acceptors (Lipinski definition) is 3. The molecule has 0 amide bonds. The molecule has 2 aliphatic heterocycles. The number of ether oxygens (including phenoxy) is 1. The van der Waals surface area contributed by atoms with E-state index in [4.69, 9.17) is 10.5 Å². The van der Waals surface area contributed by atoms with Crippen molar-refractivity contribution in [1.82, 2.24) is 4.90 Å². The van der Waals surface area contributed by atoms with Crippen molar-refractivity contribution in [3.63, 3.8) is 0 Å². The van der Waals surface area contributed by atoms with Crippen LogP contribution in [0.5, 0.6) is 0 Å². The number of likely N-dealkylation sites (tertiary alicyclic amines) is 1. The highest BCUT2D eigenvalue weighted by Gasteiger charge is 2.49. The lowest BCUT2D eigenvalue weighted by atomic mass is 9.63. The van der Waals surface area contributed by atoms with Crippen LogP contribution in [0.3, 0.4) is 0 Å². The maximum absolute atomic E-state index is 6.28. The number of rotatable bonds is 2. The molecule has 2 N–H and O–H groups in total. The second-order valence-electron chi connectivity index (χ2n) is 7.94. The zero-order chi connectivity index (χ0) is 13.7. The summed E-state index contributed by atoms with van der Waals surface area (Å²) < 4.78 is 6.00. The molecule has 3 fully saturated rings. The van der Waals surface area contributed by atoms with Gasteiger partial charge >= 0.3 is 0 Å². The van der Waals surface area contributed by atoms with Gasteiger partial charge in [-0.15, -0.1) is 0 Å². The molecule has 110 valence electrons. The Morgan fingerprint density at radius 3 is 2.32 bits per heavy atom. The van der Waals surface area contributed by atoms with Crippen LogP contribution in [0, 0.1) is 11.3 Å². The minimum absolute atomic E-state index is 0.236. The van der Waals surface area contributed by atoms with Crippen molar-refractivity contribution >= 4 is 0 Å².